The molecule has 1 fully saturated rings. The van der Waals surface area contributed by atoms with Gasteiger partial charge in [-0.25, -0.2) is 4.79 Å². The van der Waals surface area contributed by atoms with Crippen molar-refractivity contribution in [3.05, 3.63) is 35.4 Å². The second kappa shape index (κ2) is 9.55. The van der Waals surface area contributed by atoms with Crippen LogP contribution in [0.5, 0.6) is 0 Å². The van der Waals surface area contributed by atoms with Gasteiger partial charge in [0.05, 0.1) is 0 Å². The molecule has 0 unspecified atom stereocenters. The van der Waals surface area contributed by atoms with E-state index in [2.05, 4.69) is 16.0 Å². The summed E-state index contributed by atoms with van der Waals surface area (Å²) in [4.78, 5) is 46.7. The highest BCUT2D eigenvalue weighted by molar-refractivity contribution is 5.97. The molecule has 0 spiro atoms. The maximum atomic E-state index is 11.9. The van der Waals surface area contributed by atoms with Gasteiger partial charge in [0.1, 0.15) is 6.54 Å². The predicted molar refractivity (Wildman–Crippen MR) is 93.4 cm³/mol. The normalized spacial score (nSPS) is 13.7. The van der Waals surface area contributed by atoms with Crippen LogP contribution < -0.4 is 16.0 Å². The largest absolute Gasteiger partial charge is 0.454 e. The maximum absolute atomic E-state index is 11.9. The lowest BCUT2D eigenvalue weighted by Crippen LogP contribution is -2.45. The van der Waals surface area contributed by atoms with Crippen molar-refractivity contribution in [2.45, 2.75) is 38.6 Å². The lowest BCUT2D eigenvalue weighted by atomic mass is 10.1. The molecule has 3 N–H and O–H groups in total. The number of ether oxygens (including phenoxy) is 1. The van der Waals surface area contributed by atoms with Gasteiger partial charge >= 0.3 is 12.0 Å². The van der Waals surface area contributed by atoms with E-state index in [-0.39, 0.29) is 12.6 Å². The zero-order valence-electron chi connectivity index (χ0n) is 14.7. The number of imide groups is 1. The summed E-state index contributed by atoms with van der Waals surface area (Å²) in [6.07, 6.45) is 3.92. The summed E-state index contributed by atoms with van der Waals surface area (Å²) in [5.41, 5.74) is 1.35. The number of carbonyl (C=O) groups is 4. The Morgan fingerprint density at radius 2 is 1.88 bits per heavy atom. The molecule has 0 aliphatic heterocycles. The van der Waals surface area contributed by atoms with Gasteiger partial charge in [0.15, 0.2) is 6.61 Å². The Bertz CT molecular complexity index is 683. The fraction of sp³-hybridized carbons (Fsp3) is 0.444. The first-order valence-corrected chi connectivity index (χ1v) is 8.55. The molecule has 140 valence electrons. The van der Waals surface area contributed by atoms with Crippen molar-refractivity contribution >= 4 is 23.8 Å². The van der Waals surface area contributed by atoms with E-state index in [0.29, 0.717) is 5.56 Å². The first kappa shape index (κ1) is 19.4. The highest BCUT2D eigenvalue weighted by Crippen LogP contribution is 2.17. The van der Waals surface area contributed by atoms with Crippen LogP contribution in [-0.2, 0) is 14.3 Å². The maximum Gasteiger partial charge on any atom is 0.325 e. The van der Waals surface area contributed by atoms with Gasteiger partial charge in [-0.2, -0.15) is 0 Å². The molecule has 1 aromatic rings. The van der Waals surface area contributed by atoms with E-state index in [1.54, 1.807) is 18.2 Å². The highest BCUT2D eigenvalue weighted by Gasteiger charge is 2.18. The van der Waals surface area contributed by atoms with Gasteiger partial charge in [0.25, 0.3) is 11.8 Å². The molecule has 0 saturated heterocycles. The van der Waals surface area contributed by atoms with E-state index in [4.69, 9.17) is 4.74 Å². The van der Waals surface area contributed by atoms with Crippen molar-refractivity contribution in [1.82, 2.24) is 16.0 Å². The summed E-state index contributed by atoms with van der Waals surface area (Å²) in [7, 11) is 0. The Morgan fingerprint density at radius 1 is 1.15 bits per heavy atom. The molecule has 0 atom stereocenters. The number of carbonyl (C=O) groups excluding carboxylic acids is 4. The Labute approximate surface area is 151 Å². The van der Waals surface area contributed by atoms with Gasteiger partial charge in [0.2, 0.25) is 0 Å². The van der Waals surface area contributed by atoms with Crippen LogP contribution in [0, 0.1) is 6.92 Å². The monoisotopic (exact) mass is 361 g/mol. The van der Waals surface area contributed by atoms with Crippen LogP contribution in [0.15, 0.2) is 24.3 Å². The smallest absolute Gasteiger partial charge is 0.325 e. The number of benzene rings is 1. The van der Waals surface area contributed by atoms with Crippen LogP contribution >= 0.6 is 0 Å². The fourth-order valence-electron chi connectivity index (χ4n) is 2.69. The van der Waals surface area contributed by atoms with Crippen LogP contribution in [0.4, 0.5) is 4.79 Å². The molecule has 26 heavy (non-hydrogen) atoms. The summed E-state index contributed by atoms with van der Waals surface area (Å²) in [5.74, 6) is -1.90. The highest BCUT2D eigenvalue weighted by atomic mass is 16.5. The molecule has 4 amide bonds. The van der Waals surface area contributed by atoms with Crippen LogP contribution in [0.25, 0.3) is 0 Å². The van der Waals surface area contributed by atoms with E-state index < -0.39 is 30.4 Å². The van der Waals surface area contributed by atoms with Crippen molar-refractivity contribution in [1.29, 1.82) is 0 Å². The molecular weight excluding hydrogens is 338 g/mol. The summed E-state index contributed by atoms with van der Waals surface area (Å²) >= 11 is 0. The molecular formula is C18H23N3O5. The average Bonchev–Trinajstić information content (AvgIpc) is 3.10. The molecule has 8 nitrogen and oxygen atoms in total. The Kier molecular flexibility index (Phi) is 7.13. The number of urea groups is 1. The lowest BCUT2D eigenvalue weighted by molar-refractivity contribution is -0.147. The minimum atomic E-state index is -0.766. The standard InChI is InChI=1S/C18H23N3O5/c1-12-5-4-6-13(9-12)17(24)19-10-16(23)26-11-15(22)21-18(25)20-14-7-2-3-8-14/h4-6,9,14H,2-3,7-8,10-11H2,1H3,(H,19,24)(H2,20,21,22,25). The van der Waals surface area contributed by atoms with Gasteiger partial charge in [-0.15, -0.1) is 0 Å². The molecule has 0 aromatic heterocycles. The van der Waals surface area contributed by atoms with Crippen molar-refractivity contribution in [3.63, 3.8) is 0 Å². The molecule has 1 saturated carbocycles. The third-order valence-corrected chi connectivity index (χ3v) is 3.98. The second-order valence-electron chi connectivity index (χ2n) is 6.22. The van der Waals surface area contributed by atoms with E-state index in [9.17, 15) is 19.2 Å². The number of hydrogen-bond acceptors (Lipinski definition) is 5. The Morgan fingerprint density at radius 3 is 2.58 bits per heavy atom. The van der Waals surface area contributed by atoms with E-state index in [1.807, 2.05) is 13.0 Å². The quantitative estimate of drug-likeness (QED) is 0.655. The molecule has 0 radical (unpaired) electrons. The summed E-state index contributed by atoms with van der Waals surface area (Å²) < 4.78 is 4.74. The first-order valence-electron chi connectivity index (χ1n) is 8.55. The number of aryl methyl sites for hydroxylation is 1. The average molecular weight is 361 g/mol. The van der Waals surface area contributed by atoms with Crippen LogP contribution in [0.2, 0.25) is 0 Å². The van der Waals surface area contributed by atoms with Crippen molar-refractivity contribution in [2.75, 3.05) is 13.2 Å². The predicted octanol–water partition coefficient (Wildman–Crippen LogP) is 1.04. The Hall–Kier alpha value is -2.90. The van der Waals surface area contributed by atoms with Crippen molar-refractivity contribution in [3.8, 4) is 0 Å². The van der Waals surface area contributed by atoms with Crippen LogP contribution in [0.1, 0.15) is 41.6 Å². The van der Waals surface area contributed by atoms with Gasteiger partial charge in [-0.3, -0.25) is 19.7 Å². The summed E-state index contributed by atoms with van der Waals surface area (Å²) in [6, 6.07) is 6.41. The van der Waals surface area contributed by atoms with Gasteiger partial charge in [-0.1, -0.05) is 30.5 Å². The minimum Gasteiger partial charge on any atom is -0.454 e. The summed E-state index contributed by atoms with van der Waals surface area (Å²) in [5, 5.41) is 7.21. The third kappa shape index (κ3) is 6.54. The van der Waals surface area contributed by atoms with Gasteiger partial charge < -0.3 is 15.4 Å². The molecule has 1 aliphatic rings. The molecule has 0 heterocycles. The first-order chi connectivity index (χ1) is 12.4. The van der Waals surface area contributed by atoms with Crippen molar-refractivity contribution < 1.29 is 23.9 Å². The second-order valence-corrected chi connectivity index (χ2v) is 6.22. The number of esters is 1. The van der Waals surface area contributed by atoms with Crippen molar-refractivity contribution in [2.24, 2.45) is 0 Å². The van der Waals surface area contributed by atoms with Gasteiger partial charge in [-0.05, 0) is 31.9 Å². The number of amides is 4. The Balaban J connectivity index is 1.63. The fourth-order valence-corrected chi connectivity index (χ4v) is 2.69. The molecule has 2 rings (SSSR count). The molecule has 1 aromatic carbocycles. The summed E-state index contributed by atoms with van der Waals surface area (Å²) in [6.45, 7) is 0.901. The lowest BCUT2D eigenvalue weighted by Gasteiger charge is -2.12. The zero-order chi connectivity index (χ0) is 18.9. The van der Waals surface area contributed by atoms with E-state index in [0.717, 1.165) is 31.2 Å². The number of hydrogen-bond donors (Lipinski definition) is 3. The zero-order valence-corrected chi connectivity index (χ0v) is 14.7. The van der Waals surface area contributed by atoms with E-state index in [1.165, 1.54) is 0 Å². The molecule has 0 bridgehead atoms. The topological polar surface area (TPSA) is 114 Å². The van der Waals surface area contributed by atoms with E-state index >= 15 is 0 Å². The molecule has 1 aliphatic carbocycles. The number of rotatable bonds is 6. The van der Waals surface area contributed by atoms with Gasteiger partial charge in [0, 0.05) is 11.6 Å². The third-order valence-electron chi connectivity index (χ3n) is 3.98. The number of nitrogens with one attached hydrogen (secondary N) is 3. The van der Waals surface area contributed by atoms with Crippen LogP contribution in [0.3, 0.4) is 0 Å². The minimum absolute atomic E-state index is 0.0854. The molecule has 8 heteroatoms. The SMILES string of the molecule is Cc1cccc(C(=O)NCC(=O)OCC(=O)NC(=O)NC2CCCC2)c1. The van der Waals surface area contributed by atoms with Crippen LogP contribution in [-0.4, -0.2) is 43.0 Å².